The molecule has 0 aromatic rings. The summed E-state index contributed by atoms with van der Waals surface area (Å²) in [5, 5.41) is 2.45. The first-order valence-corrected chi connectivity index (χ1v) is 8.30. The van der Waals surface area contributed by atoms with Gasteiger partial charge < -0.3 is 20.5 Å². The van der Waals surface area contributed by atoms with Crippen molar-refractivity contribution in [1.29, 1.82) is 0 Å². The fourth-order valence-electron chi connectivity index (χ4n) is 2.97. The fraction of sp³-hybridized carbons (Fsp3) is 0.812. The standard InChI is InChI=1S/C16H28N2O5.ClH/c1-3-22-14(20)13(15(21)23-4-2)18-12(19)10-16(11-17)8-6-5-7-9-16;/h13H,3-11,17H2,1-2H3,(H,18,19);1H. The molecule has 8 heteroatoms. The fourth-order valence-corrected chi connectivity index (χ4v) is 2.97. The molecular formula is C16H29ClN2O5. The van der Waals surface area contributed by atoms with Crippen LogP contribution in [-0.2, 0) is 23.9 Å². The van der Waals surface area contributed by atoms with Crippen molar-refractivity contribution in [3.8, 4) is 0 Å². The van der Waals surface area contributed by atoms with Crippen LogP contribution < -0.4 is 11.1 Å². The Morgan fingerprint density at radius 1 is 1.04 bits per heavy atom. The van der Waals surface area contributed by atoms with E-state index in [2.05, 4.69) is 5.32 Å². The van der Waals surface area contributed by atoms with E-state index in [1.54, 1.807) is 13.8 Å². The van der Waals surface area contributed by atoms with Gasteiger partial charge in [-0.1, -0.05) is 19.3 Å². The van der Waals surface area contributed by atoms with E-state index in [9.17, 15) is 14.4 Å². The third kappa shape index (κ3) is 6.65. The Hall–Kier alpha value is -1.34. The van der Waals surface area contributed by atoms with Gasteiger partial charge in [0.2, 0.25) is 11.9 Å². The molecule has 1 fully saturated rings. The average Bonchev–Trinajstić information content (AvgIpc) is 2.53. The molecule has 0 aromatic carbocycles. The van der Waals surface area contributed by atoms with Gasteiger partial charge in [-0.2, -0.15) is 0 Å². The second-order valence-corrected chi connectivity index (χ2v) is 5.95. The van der Waals surface area contributed by atoms with Crippen LogP contribution >= 0.6 is 12.4 Å². The van der Waals surface area contributed by atoms with Crippen LogP contribution in [0, 0.1) is 5.41 Å². The predicted molar refractivity (Wildman–Crippen MR) is 91.6 cm³/mol. The third-order valence-electron chi connectivity index (χ3n) is 4.23. The summed E-state index contributed by atoms with van der Waals surface area (Å²) < 4.78 is 9.67. The molecule has 0 aromatic heterocycles. The number of carbonyl (C=O) groups excluding carboxylic acids is 3. The third-order valence-corrected chi connectivity index (χ3v) is 4.23. The quantitative estimate of drug-likeness (QED) is 0.496. The van der Waals surface area contributed by atoms with Crippen LogP contribution in [0.1, 0.15) is 52.4 Å². The van der Waals surface area contributed by atoms with Crippen LogP contribution in [0.2, 0.25) is 0 Å². The maximum absolute atomic E-state index is 12.3. The number of esters is 2. The van der Waals surface area contributed by atoms with Crippen molar-refractivity contribution < 1.29 is 23.9 Å². The van der Waals surface area contributed by atoms with Crippen LogP contribution in [-0.4, -0.2) is 43.6 Å². The molecule has 0 radical (unpaired) electrons. The van der Waals surface area contributed by atoms with Crippen molar-refractivity contribution in [2.75, 3.05) is 19.8 Å². The highest BCUT2D eigenvalue weighted by Crippen LogP contribution is 2.38. The molecule has 0 spiro atoms. The number of hydrogen-bond donors (Lipinski definition) is 2. The van der Waals surface area contributed by atoms with Crippen LogP contribution in [0.5, 0.6) is 0 Å². The molecule has 0 heterocycles. The summed E-state index contributed by atoms with van der Waals surface area (Å²) in [6, 6.07) is -1.42. The average molecular weight is 365 g/mol. The first-order valence-electron chi connectivity index (χ1n) is 8.30. The SMILES string of the molecule is CCOC(=O)C(NC(=O)CC1(CN)CCCCC1)C(=O)OCC.Cl. The highest BCUT2D eigenvalue weighted by Gasteiger charge is 2.36. The highest BCUT2D eigenvalue weighted by molar-refractivity contribution is 6.02. The number of carbonyl (C=O) groups is 3. The molecule has 0 aliphatic heterocycles. The number of nitrogens with one attached hydrogen (secondary N) is 1. The summed E-state index contributed by atoms with van der Waals surface area (Å²) in [6.07, 6.45) is 5.23. The normalized spacial score (nSPS) is 16.0. The van der Waals surface area contributed by atoms with E-state index in [0.717, 1.165) is 32.1 Å². The summed E-state index contributed by atoms with van der Waals surface area (Å²) in [5.41, 5.74) is 5.63. The minimum absolute atomic E-state index is 0. The van der Waals surface area contributed by atoms with Gasteiger partial charge in [0.15, 0.2) is 0 Å². The number of halogens is 1. The predicted octanol–water partition coefficient (Wildman–Crippen LogP) is 1.32. The molecule has 1 saturated carbocycles. The highest BCUT2D eigenvalue weighted by atomic mass is 35.5. The Kier molecular flexibility index (Phi) is 10.6. The molecule has 0 bridgehead atoms. The minimum Gasteiger partial charge on any atom is -0.464 e. The van der Waals surface area contributed by atoms with E-state index < -0.39 is 18.0 Å². The second kappa shape index (κ2) is 11.3. The van der Waals surface area contributed by atoms with Crippen LogP contribution in [0.3, 0.4) is 0 Å². The van der Waals surface area contributed by atoms with E-state index in [4.69, 9.17) is 15.2 Å². The minimum atomic E-state index is -1.42. The van der Waals surface area contributed by atoms with Gasteiger partial charge in [-0.15, -0.1) is 12.4 Å². The zero-order valence-corrected chi connectivity index (χ0v) is 15.3. The first-order chi connectivity index (χ1) is 11.0. The van der Waals surface area contributed by atoms with Gasteiger partial charge in [0, 0.05) is 6.42 Å². The van der Waals surface area contributed by atoms with Gasteiger partial charge >= 0.3 is 11.9 Å². The number of nitrogens with two attached hydrogens (primary N) is 1. The zero-order valence-electron chi connectivity index (χ0n) is 14.5. The Morgan fingerprint density at radius 3 is 1.96 bits per heavy atom. The maximum Gasteiger partial charge on any atom is 0.340 e. The molecule has 1 aliphatic rings. The summed E-state index contributed by atoms with van der Waals surface area (Å²) >= 11 is 0. The molecule has 7 nitrogen and oxygen atoms in total. The molecule has 24 heavy (non-hydrogen) atoms. The van der Waals surface area contributed by atoms with E-state index in [-0.39, 0.29) is 43.4 Å². The van der Waals surface area contributed by atoms with Crippen LogP contribution in [0.25, 0.3) is 0 Å². The Balaban J connectivity index is 0.00000529. The lowest BCUT2D eigenvalue weighted by Gasteiger charge is -2.35. The monoisotopic (exact) mass is 364 g/mol. The summed E-state index contributed by atoms with van der Waals surface area (Å²) in [4.78, 5) is 36.1. The number of ether oxygens (including phenoxy) is 2. The van der Waals surface area contributed by atoms with Gasteiger partial charge in [0.25, 0.3) is 0 Å². The molecule has 1 amide bonds. The summed E-state index contributed by atoms with van der Waals surface area (Å²) in [5.74, 6) is -1.97. The van der Waals surface area contributed by atoms with E-state index in [1.807, 2.05) is 0 Å². The lowest BCUT2D eigenvalue weighted by Crippen LogP contribution is -2.50. The van der Waals surface area contributed by atoms with Crippen molar-refractivity contribution in [3.05, 3.63) is 0 Å². The number of rotatable bonds is 8. The van der Waals surface area contributed by atoms with E-state index in [1.165, 1.54) is 0 Å². The maximum atomic E-state index is 12.3. The lowest BCUT2D eigenvalue weighted by atomic mass is 9.71. The van der Waals surface area contributed by atoms with Crippen molar-refractivity contribution >= 4 is 30.3 Å². The molecule has 140 valence electrons. The van der Waals surface area contributed by atoms with E-state index in [0.29, 0.717) is 6.54 Å². The molecular weight excluding hydrogens is 336 g/mol. The number of amides is 1. The van der Waals surface area contributed by atoms with Gasteiger partial charge in [-0.25, -0.2) is 9.59 Å². The molecule has 0 atom stereocenters. The van der Waals surface area contributed by atoms with Crippen molar-refractivity contribution in [3.63, 3.8) is 0 Å². The largest absolute Gasteiger partial charge is 0.464 e. The van der Waals surface area contributed by atoms with Crippen LogP contribution in [0.4, 0.5) is 0 Å². The Morgan fingerprint density at radius 2 is 1.54 bits per heavy atom. The van der Waals surface area contributed by atoms with Crippen molar-refractivity contribution in [2.24, 2.45) is 11.1 Å². The van der Waals surface area contributed by atoms with Gasteiger partial charge in [-0.05, 0) is 38.6 Å². The zero-order chi connectivity index (χ0) is 17.3. The second-order valence-electron chi connectivity index (χ2n) is 5.95. The lowest BCUT2D eigenvalue weighted by molar-refractivity contribution is -0.159. The molecule has 0 unspecified atom stereocenters. The molecule has 0 saturated heterocycles. The van der Waals surface area contributed by atoms with Crippen molar-refractivity contribution in [2.45, 2.75) is 58.4 Å². The van der Waals surface area contributed by atoms with E-state index >= 15 is 0 Å². The summed E-state index contributed by atoms with van der Waals surface area (Å²) in [6.45, 7) is 3.93. The van der Waals surface area contributed by atoms with Gasteiger partial charge in [-0.3, -0.25) is 4.79 Å². The van der Waals surface area contributed by atoms with Crippen molar-refractivity contribution in [1.82, 2.24) is 5.32 Å². The Bertz CT molecular complexity index is 407. The smallest absolute Gasteiger partial charge is 0.340 e. The van der Waals surface area contributed by atoms with Gasteiger partial charge in [0.05, 0.1) is 13.2 Å². The summed E-state index contributed by atoms with van der Waals surface area (Å²) in [7, 11) is 0. The first kappa shape index (κ1) is 22.7. The molecule has 3 N–H and O–H groups in total. The Labute approximate surface area is 149 Å². The van der Waals surface area contributed by atoms with Gasteiger partial charge in [0.1, 0.15) is 0 Å². The topological polar surface area (TPSA) is 108 Å². The molecule has 1 aliphatic carbocycles. The number of hydrogen-bond acceptors (Lipinski definition) is 6. The molecule has 1 rings (SSSR count). The van der Waals surface area contributed by atoms with Crippen LogP contribution in [0.15, 0.2) is 0 Å².